The first kappa shape index (κ1) is 7.58. The second-order valence-corrected chi connectivity index (χ2v) is 3.45. The molecule has 2 nitrogen and oxygen atoms in total. The molecule has 1 saturated heterocycles. The molecule has 2 unspecified atom stereocenters. The molecule has 0 radical (unpaired) electrons. The van der Waals surface area contributed by atoms with Crippen LogP contribution in [0.1, 0.15) is 27.2 Å². The quantitative estimate of drug-likeness (QED) is 0.583. The molecule has 1 heterocycles. The molecule has 1 rings (SSSR count). The Morgan fingerprint density at radius 1 is 1.80 bits per heavy atom. The summed E-state index contributed by atoms with van der Waals surface area (Å²) in [6, 6.07) is 0. The van der Waals surface area contributed by atoms with Gasteiger partial charge in [-0.15, -0.1) is 0 Å². The average molecular weight is 141 g/mol. The van der Waals surface area contributed by atoms with E-state index in [0.29, 0.717) is 0 Å². The highest BCUT2D eigenvalue weighted by molar-refractivity contribution is 5.81. The van der Waals surface area contributed by atoms with Crippen LogP contribution in [-0.4, -0.2) is 12.5 Å². The zero-order valence-electron chi connectivity index (χ0n) is 6.90. The molecule has 1 aliphatic heterocycles. The maximum Gasteiger partial charge on any atom is 0.223 e. The number of hydrogen-bond donors (Lipinski definition) is 1. The summed E-state index contributed by atoms with van der Waals surface area (Å²) in [6.07, 6.45) is 1.08. The van der Waals surface area contributed by atoms with E-state index in [2.05, 4.69) is 19.2 Å². The smallest absolute Gasteiger partial charge is 0.223 e. The molecule has 2 heteroatoms. The van der Waals surface area contributed by atoms with Crippen LogP contribution in [0.5, 0.6) is 0 Å². The third-order valence-electron chi connectivity index (χ3n) is 2.91. The second kappa shape index (κ2) is 2.26. The summed E-state index contributed by atoms with van der Waals surface area (Å²) >= 11 is 0. The molecule has 0 aromatic rings. The highest BCUT2D eigenvalue weighted by atomic mass is 16.2. The standard InChI is InChI=1S/C8H15NO/c1-4-8(3)5-9-7(10)6(8)2/h6H,4-5H2,1-3H3,(H,9,10). The van der Waals surface area contributed by atoms with Gasteiger partial charge in [-0.2, -0.15) is 0 Å². The molecular formula is C8H15NO. The van der Waals surface area contributed by atoms with E-state index in [1.807, 2.05) is 6.92 Å². The Balaban J connectivity index is 2.73. The Morgan fingerprint density at radius 3 is 2.60 bits per heavy atom. The van der Waals surface area contributed by atoms with E-state index >= 15 is 0 Å². The number of nitrogens with one attached hydrogen (secondary N) is 1. The van der Waals surface area contributed by atoms with Gasteiger partial charge in [-0.25, -0.2) is 0 Å². The highest BCUT2D eigenvalue weighted by Gasteiger charge is 2.39. The van der Waals surface area contributed by atoms with Crippen molar-refractivity contribution in [2.24, 2.45) is 11.3 Å². The zero-order chi connectivity index (χ0) is 7.78. The van der Waals surface area contributed by atoms with Crippen molar-refractivity contribution < 1.29 is 4.79 Å². The van der Waals surface area contributed by atoms with E-state index < -0.39 is 0 Å². The molecule has 1 N–H and O–H groups in total. The van der Waals surface area contributed by atoms with Gasteiger partial charge in [0.1, 0.15) is 0 Å². The second-order valence-electron chi connectivity index (χ2n) is 3.45. The Labute approximate surface area is 62.0 Å². The van der Waals surface area contributed by atoms with E-state index in [4.69, 9.17) is 0 Å². The molecular weight excluding hydrogens is 126 g/mol. The van der Waals surface area contributed by atoms with Gasteiger partial charge < -0.3 is 5.32 Å². The van der Waals surface area contributed by atoms with Crippen LogP contribution in [0.15, 0.2) is 0 Å². The minimum atomic E-state index is 0.192. The van der Waals surface area contributed by atoms with Gasteiger partial charge in [0, 0.05) is 12.5 Å². The molecule has 0 aromatic heterocycles. The van der Waals surface area contributed by atoms with Gasteiger partial charge in [0.25, 0.3) is 0 Å². The summed E-state index contributed by atoms with van der Waals surface area (Å²) in [7, 11) is 0. The predicted octanol–water partition coefficient (Wildman–Crippen LogP) is 1.17. The highest BCUT2D eigenvalue weighted by Crippen LogP contribution is 2.34. The van der Waals surface area contributed by atoms with Crippen molar-refractivity contribution in [1.82, 2.24) is 5.32 Å². The fraction of sp³-hybridized carbons (Fsp3) is 0.875. The first-order valence-electron chi connectivity index (χ1n) is 3.88. The van der Waals surface area contributed by atoms with E-state index in [-0.39, 0.29) is 17.2 Å². The summed E-state index contributed by atoms with van der Waals surface area (Å²) in [6.45, 7) is 7.15. The summed E-state index contributed by atoms with van der Waals surface area (Å²) in [5, 5.41) is 2.87. The van der Waals surface area contributed by atoms with Crippen LogP contribution in [0.2, 0.25) is 0 Å². The van der Waals surface area contributed by atoms with Crippen molar-refractivity contribution in [1.29, 1.82) is 0 Å². The van der Waals surface area contributed by atoms with Crippen LogP contribution >= 0.6 is 0 Å². The van der Waals surface area contributed by atoms with E-state index in [1.165, 1.54) is 0 Å². The third kappa shape index (κ3) is 0.917. The molecule has 0 bridgehead atoms. The van der Waals surface area contributed by atoms with E-state index in [1.54, 1.807) is 0 Å². The molecule has 10 heavy (non-hydrogen) atoms. The van der Waals surface area contributed by atoms with Crippen LogP contribution in [0.4, 0.5) is 0 Å². The predicted molar refractivity (Wildman–Crippen MR) is 40.6 cm³/mol. The van der Waals surface area contributed by atoms with Gasteiger partial charge in [0.05, 0.1) is 0 Å². The zero-order valence-corrected chi connectivity index (χ0v) is 6.90. The van der Waals surface area contributed by atoms with Gasteiger partial charge in [0.15, 0.2) is 0 Å². The van der Waals surface area contributed by atoms with Crippen molar-refractivity contribution in [3.8, 4) is 0 Å². The topological polar surface area (TPSA) is 29.1 Å². The van der Waals surface area contributed by atoms with Gasteiger partial charge in [-0.05, 0) is 11.8 Å². The molecule has 0 aromatic carbocycles. The van der Waals surface area contributed by atoms with Gasteiger partial charge in [-0.3, -0.25) is 4.79 Å². The first-order valence-corrected chi connectivity index (χ1v) is 3.88. The molecule has 1 aliphatic rings. The van der Waals surface area contributed by atoms with Crippen molar-refractivity contribution >= 4 is 5.91 Å². The van der Waals surface area contributed by atoms with Crippen LogP contribution in [0.3, 0.4) is 0 Å². The Hall–Kier alpha value is -0.530. The lowest BCUT2D eigenvalue weighted by Gasteiger charge is -2.23. The largest absolute Gasteiger partial charge is 0.355 e. The number of amides is 1. The molecule has 58 valence electrons. The Bertz CT molecular complexity index is 155. The van der Waals surface area contributed by atoms with Crippen molar-refractivity contribution in [3.05, 3.63) is 0 Å². The first-order chi connectivity index (χ1) is 4.60. The average Bonchev–Trinajstić information content (AvgIpc) is 2.19. The summed E-state index contributed by atoms with van der Waals surface area (Å²) in [4.78, 5) is 11.0. The van der Waals surface area contributed by atoms with Gasteiger partial charge >= 0.3 is 0 Å². The minimum Gasteiger partial charge on any atom is -0.355 e. The minimum absolute atomic E-state index is 0.192. The maximum absolute atomic E-state index is 11.0. The van der Waals surface area contributed by atoms with Gasteiger partial charge in [-0.1, -0.05) is 20.8 Å². The normalized spacial score (nSPS) is 39.9. The van der Waals surface area contributed by atoms with Crippen LogP contribution in [-0.2, 0) is 4.79 Å². The fourth-order valence-corrected chi connectivity index (χ4v) is 1.34. The van der Waals surface area contributed by atoms with Gasteiger partial charge in [0.2, 0.25) is 5.91 Å². The summed E-state index contributed by atoms with van der Waals surface area (Å²) in [5.74, 6) is 0.404. The van der Waals surface area contributed by atoms with Crippen molar-refractivity contribution in [2.75, 3.05) is 6.54 Å². The van der Waals surface area contributed by atoms with Crippen molar-refractivity contribution in [2.45, 2.75) is 27.2 Å². The summed E-state index contributed by atoms with van der Waals surface area (Å²) < 4.78 is 0. The number of carbonyl (C=O) groups excluding carboxylic acids is 1. The molecule has 1 amide bonds. The lowest BCUT2D eigenvalue weighted by atomic mass is 9.79. The lowest BCUT2D eigenvalue weighted by molar-refractivity contribution is -0.123. The van der Waals surface area contributed by atoms with E-state index in [0.717, 1.165) is 13.0 Å². The Morgan fingerprint density at radius 2 is 2.40 bits per heavy atom. The SMILES string of the molecule is CCC1(C)CNC(=O)C1C. The van der Waals surface area contributed by atoms with Crippen LogP contribution in [0.25, 0.3) is 0 Å². The molecule has 0 aliphatic carbocycles. The monoisotopic (exact) mass is 141 g/mol. The summed E-state index contributed by atoms with van der Waals surface area (Å²) in [5.41, 5.74) is 0.205. The molecule has 2 atom stereocenters. The van der Waals surface area contributed by atoms with Crippen LogP contribution < -0.4 is 5.32 Å². The van der Waals surface area contributed by atoms with Crippen molar-refractivity contribution in [3.63, 3.8) is 0 Å². The number of carbonyl (C=O) groups is 1. The third-order valence-corrected chi connectivity index (χ3v) is 2.91. The number of rotatable bonds is 1. The fourth-order valence-electron chi connectivity index (χ4n) is 1.34. The Kier molecular flexibility index (Phi) is 1.71. The van der Waals surface area contributed by atoms with Crippen LogP contribution in [0, 0.1) is 11.3 Å². The molecule has 0 spiro atoms. The molecule has 1 fully saturated rings. The maximum atomic E-state index is 11.0. The number of hydrogen-bond acceptors (Lipinski definition) is 1. The molecule has 0 saturated carbocycles. The lowest BCUT2D eigenvalue weighted by Crippen LogP contribution is -2.23. The van der Waals surface area contributed by atoms with E-state index in [9.17, 15) is 4.79 Å².